The second-order valence-electron chi connectivity index (χ2n) is 6.27. The second-order valence-corrected chi connectivity index (χ2v) is 7.27. The highest BCUT2D eigenvalue weighted by atomic mass is 32.2. The zero-order valence-electron chi connectivity index (χ0n) is 15.7. The number of carbonyl (C=O) groups is 2. The first-order valence-electron chi connectivity index (χ1n) is 9.11. The molecular weight excluding hydrogens is 390 g/mol. The summed E-state index contributed by atoms with van der Waals surface area (Å²) >= 11 is 1.53. The van der Waals surface area contributed by atoms with Crippen LogP contribution in [-0.4, -0.2) is 54.2 Å². The van der Waals surface area contributed by atoms with E-state index in [1.54, 1.807) is 24.3 Å². The third kappa shape index (κ3) is 5.98. The van der Waals surface area contributed by atoms with E-state index in [4.69, 9.17) is 14.7 Å². The lowest BCUT2D eigenvalue weighted by Gasteiger charge is -2.23. The molecule has 1 N–H and O–H groups in total. The van der Waals surface area contributed by atoms with Crippen molar-refractivity contribution >= 4 is 29.3 Å². The van der Waals surface area contributed by atoms with Crippen molar-refractivity contribution in [2.45, 2.75) is 6.04 Å². The number of thioether (sulfide) groups is 1. The number of rotatable bonds is 8. The van der Waals surface area contributed by atoms with Crippen LogP contribution in [0.4, 0.5) is 5.69 Å². The number of hydrogen-bond donors (Lipinski definition) is 1. The maximum absolute atomic E-state index is 12.6. The molecule has 2 aromatic carbocycles. The van der Waals surface area contributed by atoms with Crippen LogP contribution in [0, 0.1) is 11.3 Å². The Balaban J connectivity index is 1.43. The van der Waals surface area contributed by atoms with Crippen molar-refractivity contribution in [3.63, 3.8) is 0 Å². The van der Waals surface area contributed by atoms with Crippen molar-refractivity contribution in [1.29, 1.82) is 5.26 Å². The SMILES string of the molecule is N#Cc1ccc(NC(=O)C2CSCN2C(=O)COCCOc2ccccc2)cc1. The molecule has 0 aliphatic carbocycles. The Morgan fingerprint density at radius 2 is 1.90 bits per heavy atom. The lowest BCUT2D eigenvalue weighted by atomic mass is 10.2. The monoisotopic (exact) mass is 411 g/mol. The molecule has 0 spiro atoms. The number of amides is 2. The summed E-state index contributed by atoms with van der Waals surface area (Å²) in [5.74, 6) is 1.26. The number of nitrogens with one attached hydrogen (secondary N) is 1. The Labute approximate surface area is 173 Å². The highest BCUT2D eigenvalue weighted by molar-refractivity contribution is 7.99. The third-order valence-corrected chi connectivity index (χ3v) is 5.26. The fourth-order valence-electron chi connectivity index (χ4n) is 2.74. The molecule has 2 aromatic rings. The Morgan fingerprint density at radius 1 is 1.14 bits per heavy atom. The molecule has 1 unspecified atom stereocenters. The minimum Gasteiger partial charge on any atom is -0.491 e. The Bertz CT molecular complexity index is 868. The van der Waals surface area contributed by atoms with Crippen LogP contribution in [0.5, 0.6) is 5.75 Å². The number of anilines is 1. The van der Waals surface area contributed by atoms with Crippen LogP contribution in [0.3, 0.4) is 0 Å². The highest BCUT2D eigenvalue weighted by Gasteiger charge is 2.34. The summed E-state index contributed by atoms with van der Waals surface area (Å²) in [4.78, 5) is 26.6. The first-order chi connectivity index (χ1) is 14.2. The van der Waals surface area contributed by atoms with Crippen molar-refractivity contribution in [3.8, 4) is 11.8 Å². The van der Waals surface area contributed by atoms with E-state index in [-0.39, 0.29) is 25.0 Å². The summed E-state index contributed by atoms with van der Waals surface area (Å²) in [6.07, 6.45) is 0. The van der Waals surface area contributed by atoms with E-state index in [0.717, 1.165) is 5.75 Å². The van der Waals surface area contributed by atoms with Crippen molar-refractivity contribution in [2.75, 3.05) is 36.8 Å². The lowest BCUT2D eigenvalue weighted by Crippen LogP contribution is -2.46. The van der Waals surface area contributed by atoms with Crippen molar-refractivity contribution in [1.82, 2.24) is 4.90 Å². The van der Waals surface area contributed by atoms with Gasteiger partial charge in [-0.1, -0.05) is 18.2 Å². The van der Waals surface area contributed by atoms with Gasteiger partial charge in [0.15, 0.2) is 0 Å². The summed E-state index contributed by atoms with van der Waals surface area (Å²) in [7, 11) is 0. The predicted molar refractivity (Wildman–Crippen MR) is 111 cm³/mol. The number of nitriles is 1. The molecule has 0 aromatic heterocycles. The summed E-state index contributed by atoms with van der Waals surface area (Å²) < 4.78 is 10.9. The fraction of sp³-hybridized carbons (Fsp3) is 0.286. The summed E-state index contributed by atoms with van der Waals surface area (Å²) in [5, 5.41) is 11.6. The molecule has 7 nitrogen and oxygen atoms in total. The number of nitrogens with zero attached hydrogens (tertiary/aromatic N) is 2. The van der Waals surface area contributed by atoms with Crippen LogP contribution in [-0.2, 0) is 14.3 Å². The van der Waals surface area contributed by atoms with Gasteiger partial charge >= 0.3 is 0 Å². The minimum absolute atomic E-state index is 0.0979. The van der Waals surface area contributed by atoms with Gasteiger partial charge in [0.2, 0.25) is 11.8 Å². The number of benzene rings is 2. The first kappa shape index (κ1) is 20.7. The van der Waals surface area contributed by atoms with Crippen LogP contribution in [0.2, 0.25) is 0 Å². The molecule has 150 valence electrons. The molecule has 3 rings (SSSR count). The lowest BCUT2D eigenvalue weighted by molar-refractivity contribution is -0.140. The van der Waals surface area contributed by atoms with E-state index >= 15 is 0 Å². The van der Waals surface area contributed by atoms with E-state index in [1.807, 2.05) is 36.4 Å². The van der Waals surface area contributed by atoms with Gasteiger partial charge < -0.3 is 19.7 Å². The molecule has 1 aliphatic rings. The quantitative estimate of drug-likeness (QED) is 0.671. The molecule has 0 radical (unpaired) electrons. The van der Waals surface area contributed by atoms with Gasteiger partial charge in [-0.05, 0) is 36.4 Å². The number of para-hydroxylation sites is 1. The molecular formula is C21H21N3O4S. The van der Waals surface area contributed by atoms with Crippen molar-refractivity contribution in [2.24, 2.45) is 0 Å². The van der Waals surface area contributed by atoms with Gasteiger partial charge in [0.05, 0.1) is 24.1 Å². The zero-order chi connectivity index (χ0) is 20.5. The van der Waals surface area contributed by atoms with Gasteiger partial charge in [-0.25, -0.2) is 0 Å². The minimum atomic E-state index is -0.549. The number of ether oxygens (including phenoxy) is 2. The zero-order valence-corrected chi connectivity index (χ0v) is 16.6. The fourth-order valence-corrected chi connectivity index (χ4v) is 3.92. The van der Waals surface area contributed by atoms with Crippen LogP contribution in [0.1, 0.15) is 5.56 Å². The average molecular weight is 411 g/mol. The maximum Gasteiger partial charge on any atom is 0.249 e. The summed E-state index contributed by atoms with van der Waals surface area (Å²) in [5.41, 5.74) is 1.11. The van der Waals surface area contributed by atoms with Crippen molar-refractivity contribution < 1.29 is 19.1 Å². The molecule has 1 heterocycles. The Hall–Kier alpha value is -3.02. The van der Waals surface area contributed by atoms with E-state index in [1.165, 1.54) is 16.7 Å². The molecule has 0 bridgehead atoms. The van der Waals surface area contributed by atoms with E-state index < -0.39 is 6.04 Å². The van der Waals surface area contributed by atoms with Gasteiger partial charge in [0.1, 0.15) is 25.0 Å². The van der Waals surface area contributed by atoms with E-state index in [0.29, 0.717) is 29.5 Å². The Kier molecular flexibility index (Phi) is 7.50. The van der Waals surface area contributed by atoms with Gasteiger partial charge in [-0.2, -0.15) is 5.26 Å². The van der Waals surface area contributed by atoms with Crippen LogP contribution in [0.15, 0.2) is 54.6 Å². The molecule has 2 amide bonds. The van der Waals surface area contributed by atoms with Crippen LogP contribution in [0.25, 0.3) is 0 Å². The molecule has 1 aliphatic heterocycles. The largest absolute Gasteiger partial charge is 0.491 e. The maximum atomic E-state index is 12.6. The average Bonchev–Trinajstić information content (AvgIpc) is 3.25. The van der Waals surface area contributed by atoms with E-state index in [2.05, 4.69) is 5.32 Å². The molecule has 1 atom stereocenters. The van der Waals surface area contributed by atoms with E-state index in [9.17, 15) is 9.59 Å². The van der Waals surface area contributed by atoms with Gasteiger partial charge in [-0.15, -0.1) is 11.8 Å². The predicted octanol–water partition coefficient (Wildman–Crippen LogP) is 2.49. The smallest absolute Gasteiger partial charge is 0.249 e. The van der Waals surface area contributed by atoms with Crippen LogP contribution >= 0.6 is 11.8 Å². The molecule has 1 saturated heterocycles. The second kappa shape index (κ2) is 10.5. The van der Waals surface area contributed by atoms with Gasteiger partial charge in [-0.3, -0.25) is 9.59 Å². The van der Waals surface area contributed by atoms with Crippen LogP contribution < -0.4 is 10.1 Å². The number of hydrogen-bond acceptors (Lipinski definition) is 6. The van der Waals surface area contributed by atoms with Crippen molar-refractivity contribution in [3.05, 3.63) is 60.2 Å². The molecule has 1 fully saturated rings. The molecule has 0 saturated carbocycles. The van der Waals surface area contributed by atoms with Gasteiger partial charge in [0, 0.05) is 11.4 Å². The summed E-state index contributed by atoms with van der Waals surface area (Å²) in [6.45, 7) is 0.526. The summed E-state index contributed by atoms with van der Waals surface area (Å²) in [6, 6.07) is 17.5. The molecule has 29 heavy (non-hydrogen) atoms. The topological polar surface area (TPSA) is 91.7 Å². The standard InChI is InChI=1S/C21H21N3O4S/c22-12-16-6-8-17(9-7-16)23-21(26)19-14-29-15-24(19)20(25)13-27-10-11-28-18-4-2-1-3-5-18/h1-9,19H,10-11,13-15H2,(H,23,26). The highest BCUT2D eigenvalue weighted by Crippen LogP contribution is 2.22. The first-order valence-corrected chi connectivity index (χ1v) is 10.3. The normalized spacial score (nSPS) is 15.6. The third-order valence-electron chi connectivity index (χ3n) is 4.25. The number of carbonyl (C=O) groups excluding carboxylic acids is 2. The Morgan fingerprint density at radius 3 is 2.62 bits per heavy atom. The van der Waals surface area contributed by atoms with Gasteiger partial charge in [0.25, 0.3) is 0 Å². The molecule has 8 heteroatoms.